The average molecular weight is 291 g/mol. The molecule has 1 aliphatic rings. The Balaban J connectivity index is 2.08. The molecule has 1 N–H and O–H groups in total. The quantitative estimate of drug-likeness (QED) is 0.819. The molecule has 0 spiro atoms. The van der Waals surface area contributed by atoms with Crippen molar-refractivity contribution in [3.8, 4) is 11.5 Å². The summed E-state index contributed by atoms with van der Waals surface area (Å²) in [5.41, 5.74) is 0.618. The number of hydrogen-bond acceptors (Lipinski definition) is 4. The van der Waals surface area contributed by atoms with Crippen LogP contribution in [0.15, 0.2) is 18.2 Å². The van der Waals surface area contributed by atoms with E-state index in [0.717, 1.165) is 13.1 Å². The van der Waals surface area contributed by atoms with Gasteiger partial charge in [0.25, 0.3) is 0 Å². The molecule has 2 unspecified atom stereocenters. The standard InChI is InChI=1S/C17H25NO3/c1-12(13-5-4-8-18-11-13)9-16(19)15-10-14(20-2)6-7-17(15)21-3/h6-7,10,12-13,18H,4-5,8-9,11H2,1-3H3. The number of piperidine rings is 1. The molecule has 0 aliphatic carbocycles. The van der Waals surface area contributed by atoms with Gasteiger partial charge in [0.15, 0.2) is 5.78 Å². The van der Waals surface area contributed by atoms with E-state index in [4.69, 9.17) is 9.47 Å². The first-order chi connectivity index (χ1) is 10.2. The van der Waals surface area contributed by atoms with E-state index in [0.29, 0.717) is 35.3 Å². The van der Waals surface area contributed by atoms with E-state index in [2.05, 4.69) is 12.2 Å². The van der Waals surface area contributed by atoms with Crippen LogP contribution in [0.3, 0.4) is 0 Å². The van der Waals surface area contributed by atoms with Gasteiger partial charge in [0.1, 0.15) is 11.5 Å². The van der Waals surface area contributed by atoms with Gasteiger partial charge in [-0.25, -0.2) is 0 Å². The highest BCUT2D eigenvalue weighted by atomic mass is 16.5. The molecule has 0 bridgehead atoms. The molecule has 1 aromatic carbocycles. The van der Waals surface area contributed by atoms with E-state index >= 15 is 0 Å². The molecule has 1 aromatic rings. The summed E-state index contributed by atoms with van der Waals surface area (Å²) in [6.45, 7) is 4.28. The van der Waals surface area contributed by atoms with Crippen LogP contribution >= 0.6 is 0 Å². The molecule has 116 valence electrons. The molecule has 0 radical (unpaired) electrons. The van der Waals surface area contributed by atoms with E-state index in [1.54, 1.807) is 26.4 Å². The Labute approximate surface area is 126 Å². The van der Waals surface area contributed by atoms with Crippen molar-refractivity contribution >= 4 is 5.78 Å². The average Bonchev–Trinajstić information content (AvgIpc) is 2.54. The minimum atomic E-state index is 0.129. The van der Waals surface area contributed by atoms with Crippen LogP contribution in [0.25, 0.3) is 0 Å². The lowest BCUT2D eigenvalue weighted by atomic mass is 9.83. The van der Waals surface area contributed by atoms with Crippen molar-refractivity contribution in [2.24, 2.45) is 11.8 Å². The van der Waals surface area contributed by atoms with Crippen molar-refractivity contribution in [1.82, 2.24) is 5.32 Å². The molecule has 0 aromatic heterocycles. The fourth-order valence-electron chi connectivity index (χ4n) is 2.97. The molecule has 1 heterocycles. The maximum Gasteiger partial charge on any atom is 0.167 e. The van der Waals surface area contributed by atoms with Crippen molar-refractivity contribution in [2.75, 3.05) is 27.3 Å². The Hall–Kier alpha value is -1.55. The van der Waals surface area contributed by atoms with Crippen molar-refractivity contribution in [2.45, 2.75) is 26.2 Å². The lowest BCUT2D eigenvalue weighted by molar-refractivity contribution is 0.0939. The first kappa shape index (κ1) is 15.8. The van der Waals surface area contributed by atoms with Gasteiger partial charge in [0.05, 0.1) is 19.8 Å². The van der Waals surface area contributed by atoms with Crippen molar-refractivity contribution in [1.29, 1.82) is 0 Å². The molecular formula is C17H25NO3. The van der Waals surface area contributed by atoms with Crippen LogP contribution in [0.4, 0.5) is 0 Å². The van der Waals surface area contributed by atoms with Crippen LogP contribution in [-0.2, 0) is 0 Å². The third kappa shape index (κ3) is 3.97. The molecule has 21 heavy (non-hydrogen) atoms. The predicted molar refractivity (Wildman–Crippen MR) is 83.3 cm³/mol. The number of Topliss-reactive ketones (excluding diaryl/α,β-unsaturated/α-hetero) is 1. The number of carbonyl (C=O) groups excluding carboxylic acids is 1. The Morgan fingerprint density at radius 3 is 2.81 bits per heavy atom. The van der Waals surface area contributed by atoms with Gasteiger partial charge in [0, 0.05) is 6.42 Å². The van der Waals surface area contributed by atoms with Gasteiger partial charge in [-0.05, 0) is 56.0 Å². The summed E-state index contributed by atoms with van der Waals surface area (Å²) >= 11 is 0. The second-order valence-electron chi connectivity index (χ2n) is 5.78. The molecule has 4 nitrogen and oxygen atoms in total. The summed E-state index contributed by atoms with van der Waals surface area (Å²) in [6.07, 6.45) is 2.96. The van der Waals surface area contributed by atoms with Gasteiger partial charge < -0.3 is 14.8 Å². The van der Waals surface area contributed by atoms with Crippen LogP contribution in [0.2, 0.25) is 0 Å². The zero-order valence-corrected chi connectivity index (χ0v) is 13.1. The molecule has 0 amide bonds. The van der Waals surface area contributed by atoms with Gasteiger partial charge in [-0.2, -0.15) is 0 Å². The monoisotopic (exact) mass is 291 g/mol. The Kier molecular flexibility index (Phi) is 5.62. The van der Waals surface area contributed by atoms with Gasteiger partial charge in [0.2, 0.25) is 0 Å². The van der Waals surface area contributed by atoms with Crippen LogP contribution in [0.5, 0.6) is 11.5 Å². The minimum absolute atomic E-state index is 0.129. The largest absolute Gasteiger partial charge is 0.497 e. The number of ether oxygens (including phenoxy) is 2. The lowest BCUT2D eigenvalue weighted by Crippen LogP contribution is -2.34. The highest BCUT2D eigenvalue weighted by molar-refractivity contribution is 5.99. The second kappa shape index (κ2) is 7.46. The summed E-state index contributed by atoms with van der Waals surface area (Å²) < 4.78 is 10.5. The third-order valence-electron chi connectivity index (χ3n) is 4.35. The van der Waals surface area contributed by atoms with Crippen LogP contribution in [-0.4, -0.2) is 33.1 Å². The van der Waals surface area contributed by atoms with E-state index in [-0.39, 0.29) is 5.78 Å². The summed E-state index contributed by atoms with van der Waals surface area (Å²) in [5.74, 6) is 2.39. The number of benzene rings is 1. The van der Waals surface area contributed by atoms with Crippen molar-refractivity contribution in [3.63, 3.8) is 0 Å². The molecule has 4 heteroatoms. The second-order valence-corrected chi connectivity index (χ2v) is 5.78. The highest BCUT2D eigenvalue weighted by Crippen LogP contribution is 2.29. The normalized spacial score (nSPS) is 19.9. The van der Waals surface area contributed by atoms with Gasteiger partial charge >= 0.3 is 0 Å². The first-order valence-electron chi connectivity index (χ1n) is 7.61. The number of hydrogen-bond donors (Lipinski definition) is 1. The van der Waals surface area contributed by atoms with E-state index in [1.807, 2.05) is 6.07 Å². The maximum atomic E-state index is 12.6. The first-order valence-corrected chi connectivity index (χ1v) is 7.61. The third-order valence-corrected chi connectivity index (χ3v) is 4.35. The topological polar surface area (TPSA) is 47.6 Å². The fourth-order valence-corrected chi connectivity index (χ4v) is 2.97. The SMILES string of the molecule is COc1ccc(OC)c(C(=O)CC(C)C2CCCNC2)c1. The number of methoxy groups -OCH3 is 2. The van der Waals surface area contributed by atoms with Crippen LogP contribution < -0.4 is 14.8 Å². The summed E-state index contributed by atoms with van der Waals surface area (Å²) in [6, 6.07) is 5.37. The molecule has 2 atom stereocenters. The zero-order chi connectivity index (χ0) is 15.2. The summed E-state index contributed by atoms with van der Waals surface area (Å²) in [7, 11) is 3.19. The molecule has 2 rings (SSSR count). The predicted octanol–water partition coefficient (Wildman–Crippen LogP) is 2.91. The van der Waals surface area contributed by atoms with Gasteiger partial charge in [-0.15, -0.1) is 0 Å². The fraction of sp³-hybridized carbons (Fsp3) is 0.588. The van der Waals surface area contributed by atoms with Gasteiger partial charge in [-0.3, -0.25) is 4.79 Å². The van der Waals surface area contributed by atoms with E-state index in [9.17, 15) is 4.79 Å². The Morgan fingerprint density at radius 1 is 1.38 bits per heavy atom. The van der Waals surface area contributed by atoms with Crippen molar-refractivity contribution in [3.05, 3.63) is 23.8 Å². The number of ketones is 1. The van der Waals surface area contributed by atoms with Gasteiger partial charge in [-0.1, -0.05) is 6.92 Å². The smallest absolute Gasteiger partial charge is 0.167 e. The zero-order valence-electron chi connectivity index (χ0n) is 13.1. The number of carbonyl (C=O) groups is 1. The number of nitrogens with one attached hydrogen (secondary N) is 1. The van der Waals surface area contributed by atoms with Crippen LogP contribution in [0, 0.1) is 11.8 Å². The molecule has 1 fully saturated rings. The molecule has 1 aliphatic heterocycles. The Bertz CT molecular complexity index is 481. The van der Waals surface area contributed by atoms with Crippen LogP contribution in [0.1, 0.15) is 36.5 Å². The minimum Gasteiger partial charge on any atom is -0.497 e. The highest BCUT2D eigenvalue weighted by Gasteiger charge is 2.24. The molecule has 1 saturated heterocycles. The summed E-state index contributed by atoms with van der Waals surface area (Å²) in [5, 5.41) is 3.41. The van der Waals surface area contributed by atoms with Crippen molar-refractivity contribution < 1.29 is 14.3 Å². The Morgan fingerprint density at radius 2 is 2.19 bits per heavy atom. The van der Waals surface area contributed by atoms with E-state index in [1.165, 1.54) is 12.8 Å². The number of rotatable bonds is 6. The summed E-state index contributed by atoms with van der Waals surface area (Å²) in [4.78, 5) is 12.6. The maximum absolute atomic E-state index is 12.6. The lowest BCUT2D eigenvalue weighted by Gasteiger charge is -2.28. The van der Waals surface area contributed by atoms with E-state index < -0.39 is 0 Å². The molecule has 0 saturated carbocycles. The molecular weight excluding hydrogens is 266 g/mol.